The Hall–Kier alpha value is -4.07. The van der Waals surface area contributed by atoms with Crippen molar-refractivity contribution < 1.29 is 28.6 Å². The lowest BCUT2D eigenvalue weighted by Gasteiger charge is -2.22. The van der Waals surface area contributed by atoms with Crippen LogP contribution in [0.1, 0.15) is 76.1 Å². The van der Waals surface area contributed by atoms with Gasteiger partial charge in [-0.2, -0.15) is 0 Å². The van der Waals surface area contributed by atoms with Gasteiger partial charge in [0, 0.05) is 28.9 Å². The molecule has 7 nitrogen and oxygen atoms in total. The van der Waals surface area contributed by atoms with Crippen LogP contribution in [0.3, 0.4) is 0 Å². The molecule has 1 amide bonds. The SMILES string of the molecule is CC(NC(=O)OC(C)(C)C)c1cccc(-c2cc(COc3ccccc3CC(=O)O)cc(NCC3CCCC3)c2)c1F. The van der Waals surface area contributed by atoms with Gasteiger partial charge in [-0.1, -0.05) is 49.2 Å². The average molecular weight is 577 g/mol. The van der Waals surface area contributed by atoms with Gasteiger partial charge in [0.15, 0.2) is 0 Å². The fraction of sp³-hybridized carbons (Fsp3) is 0.412. The number of benzene rings is 3. The molecule has 1 saturated carbocycles. The molecule has 1 aliphatic carbocycles. The normalized spacial score (nSPS) is 14.3. The second-order valence-electron chi connectivity index (χ2n) is 12.0. The molecule has 8 heteroatoms. The number of halogens is 1. The van der Waals surface area contributed by atoms with Crippen molar-refractivity contribution in [2.45, 2.75) is 78.0 Å². The van der Waals surface area contributed by atoms with Gasteiger partial charge in [-0.05, 0) is 81.8 Å². The molecule has 0 saturated heterocycles. The zero-order valence-electron chi connectivity index (χ0n) is 24.8. The fourth-order valence-corrected chi connectivity index (χ4v) is 5.29. The highest BCUT2D eigenvalue weighted by atomic mass is 19.1. The number of alkyl carbamates (subject to hydrolysis) is 1. The van der Waals surface area contributed by atoms with E-state index in [4.69, 9.17) is 9.47 Å². The number of amides is 1. The van der Waals surface area contributed by atoms with Crippen molar-refractivity contribution in [3.8, 4) is 16.9 Å². The molecule has 0 radical (unpaired) electrons. The van der Waals surface area contributed by atoms with Crippen LogP contribution in [0.5, 0.6) is 5.75 Å². The maximum absolute atomic E-state index is 16.0. The first-order valence-electron chi connectivity index (χ1n) is 14.6. The molecule has 3 aromatic rings. The lowest BCUT2D eigenvalue weighted by atomic mass is 9.97. The summed E-state index contributed by atoms with van der Waals surface area (Å²) in [7, 11) is 0. The molecule has 1 fully saturated rings. The first-order valence-corrected chi connectivity index (χ1v) is 14.6. The van der Waals surface area contributed by atoms with Gasteiger partial charge in [0.2, 0.25) is 0 Å². The molecule has 1 atom stereocenters. The summed E-state index contributed by atoms with van der Waals surface area (Å²) in [6.07, 6.45) is 4.13. The maximum Gasteiger partial charge on any atom is 0.408 e. The Morgan fingerprint density at radius 2 is 1.79 bits per heavy atom. The Balaban J connectivity index is 1.61. The Bertz CT molecular complexity index is 1390. The zero-order chi connectivity index (χ0) is 30.3. The fourth-order valence-electron chi connectivity index (χ4n) is 5.29. The van der Waals surface area contributed by atoms with Gasteiger partial charge in [0.05, 0.1) is 12.5 Å². The highest BCUT2D eigenvalue weighted by molar-refractivity contribution is 5.72. The topological polar surface area (TPSA) is 96.9 Å². The summed E-state index contributed by atoms with van der Waals surface area (Å²) in [5.74, 6) is -0.248. The number of hydrogen-bond acceptors (Lipinski definition) is 5. The van der Waals surface area contributed by atoms with Crippen molar-refractivity contribution in [3.05, 3.63) is 83.2 Å². The molecule has 3 aromatic carbocycles. The molecule has 0 bridgehead atoms. The first kappa shape index (κ1) is 30.9. The maximum atomic E-state index is 16.0. The Kier molecular flexibility index (Phi) is 10.1. The van der Waals surface area contributed by atoms with Crippen LogP contribution < -0.4 is 15.4 Å². The Morgan fingerprint density at radius 3 is 2.50 bits per heavy atom. The third-order valence-electron chi connectivity index (χ3n) is 7.31. The molecule has 3 N–H and O–H groups in total. The van der Waals surface area contributed by atoms with Crippen LogP contribution >= 0.6 is 0 Å². The largest absolute Gasteiger partial charge is 0.489 e. The van der Waals surface area contributed by atoms with Crippen molar-refractivity contribution in [1.29, 1.82) is 0 Å². The monoisotopic (exact) mass is 576 g/mol. The summed E-state index contributed by atoms with van der Waals surface area (Å²) in [6.45, 7) is 8.07. The first-order chi connectivity index (χ1) is 20.0. The van der Waals surface area contributed by atoms with Crippen LogP contribution in [-0.4, -0.2) is 29.3 Å². The third kappa shape index (κ3) is 8.71. The molecule has 0 aromatic heterocycles. The summed E-state index contributed by atoms with van der Waals surface area (Å²) in [5, 5.41) is 15.6. The summed E-state index contributed by atoms with van der Waals surface area (Å²) < 4.78 is 27.4. The number of ether oxygens (including phenoxy) is 2. The number of carbonyl (C=O) groups is 2. The molecule has 42 heavy (non-hydrogen) atoms. The highest BCUT2D eigenvalue weighted by Crippen LogP contribution is 2.32. The number of anilines is 1. The smallest absolute Gasteiger partial charge is 0.408 e. The standard InChI is InChI=1S/C34H41FN2O5/c1-22(37-33(40)42-34(2,3)4)28-13-9-14-29(32(28)35)26-16-24(17-27(18-26)36-20-23-10-5-6-11-23)21-41-30-15-8-7-12-25(30)19-31(38)39/h7-9,12-18,22-23,36H,5-6,10-11,19-21H2,1-4H3,(H,37,40)(H,38,39). The summed E-state index contributed by atoms with van der Waals surface area (Å²) in [4.78, 5) is 23.7. The average Bonchev–Trinajstić information content (AvgIpc) is 3.44. The van der Waals surface area contributed by atoms with E-state index in [1.807, 2.05) is 18.2 Å². The van der Waals surface area contributed by atoms with Crippen molar-refractivity contribution in [3.63, 3.8) is 0 Å². The zero-order valence-corrected chi connectivity index (χ0v) is 24.8. The van der Waals surface area contributed by atoms with E-state index in [2.05, 4.69) is 10.6 Å². The number of carbonyl (C=O) groups excluding carboxylic acids is 1. The van der Waals surface area contributed by atoms with Crippen molar-refractivity contribution in [2.75, 3.05) is 11.9 Å². The van der Waals surface area contributed by atoms with E-state index in [0.717, 1.165) is 17.8 Å². The van der Waals surface area contributed by atoms with Gasteiger partial charge in [0.25, 0.3) is 0 Å². The van der Waals surface area contributed by atoms with Crippen molar-refractivity contribution >= 4 is 17.7 Å². The van der Waals surface area contributed by atoms with Crippen molar-refractivity contribution in [1.82, 2.24) is 5.32 Å². The predicted molar refractivity (Wildman–Crippen MR) is 162 cm³/mol. The molecule has 1 aliphatic rings. The second kappa shape index (κ2) is 13.7. The van der Waals surface area contributed by atoms with Crippen LogP contribution in [0.2, 0.25) is 0 Å². The van der Waals surface area contributed by atoms with Crippen LogP contribution in [0.25, 0.3) is 11.1 Å². The lowest BCUT2D eigenvalue weighted by Crippen LogP contribution is -2.34. The van der Waals surface area contributed by atoms with Gasteiger partial charge in [-0.25, -0.2) is 9.18 Å². The third-order valence-corrected chi connectivity index (χ3v) is 7.31. The molecule has 4 rings (SSSR count). The second-order valence-corrected chi connectivity index (χ2v) is 12.0. The number of carboxylic acids is 1. The number of para-hydroxylation sites is 1. The number of rotatable bonds is 11. The minimum atomic E-state index is -0.933. The number of carboxylic acid groups (broad SMARTS) is 1. The molecule has 0 heterocycles. The summed E-state index contributed by atoms with van der Waals surface area (Å²) in [5.41, 5.74) is 3.03. The minimum Gasteiger partial charge on any atom is -0.489 e. The number of nitrogens with one attached hydrogen (secondary N) is 2. The van der Waals surface area contributed by atoms with Crippen molar-refractivity contribution in [2.24, 2.45) is 5.92 Å². The quantitative estimate of drug-likeness (QED) is 0.215. The molecule has 1 unspecified atom stereocenters. The van der Waals surface area contributed by atoms with E-state index in [9.17, 15) is 14.7 Å². The molecular weight excluding hydrogens is 535 g/mol. The molecule has 224 valence electrons. The van der Waals surface area contributed by atoms with E-state index in [-0.39, 0.29) is 13.0 Å². The van der Waals surface area contributed by atoms with E-state index in [0.29, 0.717) is 33.9 Å². The van der Waals surface area contributed by atoms with Crippen LogP contribution in [0.15, 0.2) is 60.7 Å². The van der Waals surface area contributed by atoms with Gasteiger partial charge in [-0.3, -0.25) is 4.79 Å². The Labute approximate surface area is 247 Å². The molecule has 0 aliphatic heterocycles. The molecule has 0 spiro atoms. The highest BCUT2D eigenvalue weighted by Gasteiger charge is 2.22. The van der Waals surface area contributed by atoms with Gasteiger partial charge in [0.1, 0.15) is 23.8 Å². The number of hydrogen-bond donors (Lipinski definition) is 3. The summed E-state index contributed by atoms with van der Waals surface area (Å²) in [6, 6.07) is 17.4. The van der Waals surface area contributed by atoms with E-state index in [1.54, 1.807) is 70.2 Å². The number of aliphatic carboxylic acids is 1. The van der Waals surface area contributed by atoms with Gasteiger partial charge < -0.3 is 25.2 Å². The van der Waals surface area contributed by atoms with Crippen LogP contribution in [0.4, 0.5) is 14.9 Å². The summed E-state index contributed by atoms with van der Waals surface area (Å²) >= 11 is 0. The van der Waals surface area contributed by atoms with Gasteiger partial charge >= 0.3 is 12.1 Å². The predicted octanol–water partition coefficient (Wildman–Crippen LogP) is 7.89. The Morgan fingerprint density at radius 1 is 1.05 bits per heavy atom. The van der Waals surface area contributed by atoms with E-state index in [1.165, 1.54) is 25.7 Å². The van der Waals surface area contributed by atoms with Crippen LogP contribution in [-0.2, 0) is 22.6 Å². The van der Waals surface area contributed by atoms with Crippen LogP contribution in [0, 0.1) is 11.7 Å². The minimum absolute atomic E-state index is 0.141. The van der Waals surface area contributed by atoms with E-state index >= 15 is 4.39 Å². The molecular formula is C34H41FN2O5. The van der Waals surface area contributed by atoms with Gasteiger partial charge in [-0.15, -0.1) is 0 Å². The van der Waals surface area contributed by atoms with E-state index < -0.39 is 29.5 Å². The lowest BCUT2D eigenvalue weighted by molar-refractivity contribution is -0.136.